The molecular weight excluding hydrogens is 393 g/mol. The van der Waals surface area contributed by atoms with E-state index in [1.165, 1.54) is 6.07 Å². The SMILES string of the molecule is COc1cc(CNC(=O)c2cccc3ccccc23)ccc1OCc1ccccc1F. The molecule has 0 atom stereocenters. The summed E-state index contributed by atoms with van der Waals surface area (Å²) in [4.78, 5) is 12.7. The molecule has 0 aliphatic rings. The lowest BCUT2D eigenvalue weighted by Gasteiger charge is -2.13. The largest absolute Gasteiger partial charge is 0.493 e. The van der Waals surface area contributed by atoms with E-state index in [9.17, 15) is 9.18 Å². The van der Waals surface area contributed by atoms with E-state index in [-0.39, 0.29) is 18.3 Å². The standard InChI is InChI=1S/C26H22FNO3/c1-30-25-15-18(13-14-24(25)31-17-20-8-3-5-12-23(20)27)16-28-26(29)22-11-6-9-19-7-2-4-10-21(19)22/h2-15H,16-17H2,1H3,(H,28,29). The molecule has 0 unspecified atom stereocenters. The number of fused-ring (bicyclic) bond motifs is 1. The molecule has 1 amide bonds. The van der Waals surface area contributed by atoms with Gasteiger partial charge in [-0.2, -0.15) is 0 Å². The van der Waals surface area contributed by atoms with Gasteiger partial charge in [0.15, 0.2) is 11.5 Å². The van der Waals surface area contributed by atoms with Gasteiger partial charge in [-0.05, 0) is 40.6 Å². The summed E-state index contributed by atoms with van der Waals surface area (Å²) in [5.41, 5.74) is 1.97. The third-order valence-corrected chi connectivity index (χ3v) is 5.06. The molecule has 0 heterocycles. The van der Waals surface area contributed by atoms with Crippen LogP contribution in [0.5, 0.6) is 11.5 Å². The molecule has 0 aliphatic carbocycles. The van der Waals surface area contributed by atoms with Crippen LogP contribution in [0.4, 0.5) is 4.39 Å². The molecule has 5 heteroatoms. The van der Waals surface area contributed by atoms with Gasteiger partial charge < -0.3 is 14.8 Å². The first kappa shape index (κ1) is 20.4. The minimum Gasteiger partial charge on any atom is -0.493 e. The Morgan fingerprint density at radius 1 is 0.903 bits per heavy atom. The molecule has 0 spiro atoms. The number of halogens is 1. The van der Waals surface area contributed by atoms with Crippen LogP contribution in [0.15, 0.2) is 84.9 Å². The highest BCUT2D eigenvalue weighted by Crippen LogP contribution is 2.29. The Balaban J connectivity index is 1.44. The molecule has 0 saturated carbocycles. The number of nitrogens with one attached hydrogen (secondary N) is 1. The molecule has 0 saturated heterocycles. The van der Waals surface area contributed by atoms with Crippen LogP contribution in [-0.4, -0.2) is 13.0 Å². The second-order valence-electron chi connectivity index (χ2n) is 7.07. The van der Waals surface area contributed by atoms with Crippen molar-refractivity contribution < 1.29 is 18.7 Å². The minimum absolute atomic E-state index is 0.0974. The average Bonchev–Trinajstić information content (AvgIpc) is 2.82. The molecule has 0 radical (unpaired) electrons. The number of carbonyl (C=O) groups excluding carboxylic acids is 1. The number of hydrogen-bond donors (Lipinski definition) is 1. The molecule has 4 rings (SSSR count). The Bertz CT molecular complexity index is 1220. The van der Waals surface area contributed by atoms with Crippen LogP contribution in [0.3, 0.4) is 0 Å². The van der Waals surface area contributed by atoms with Crippen LogP contribution >= 0.6 is 0 Å². The van der Waals surface area contributed by atoms with Crippen molar-refractivity contribution in [2.45, 2.75) is 13.2 Å². The van der Waals surface area contributed by atoms with Crippen molar-refractivity contribution in [1.82, 2.24) is 5.32 Å². The van der Waals surface area contributed by atoms with Gasteiger partial charge in [0.05, 0.1) is 7.11 Å². The average molecular weight is 415 g/mol. The summed E-state index contributed by atoms with van der Waals surface area (Å²) in [7, 11) is 1.55. The fraction of sp³-hybridized carbons (Fsp3) is 0.115. The lowest BCUT2D eigenvalue weighted by molar-refractivity contribution is 0.0952. The van der Waals surface area contributed by atoms with Crippen molar-refractivity contribution >= 4 is 16.7 Å². The zero-order valence-electron chi connectivity index (χ0n) is 17.1. The maximum absolute atomic E-state index is 13.8. The zero-order chi connectivity index (χ0) is 21.6. The van der Waals surface area contributed by atoms with Crippen LogP contribution in [0.1, 0.15) is 21.5 Å². The topological polar surface area (TPSA) is 47.6 Å². The zero-order valence-corrected chi connectivity index (χ0v) is 17.1. The monoisotopic (exact) mass is 415 g/mol. The van der Waals surface area contributed by atoms with Gasteiger partial charge in [0, 0.05) is 17.7 Å². The summed E-state index contributed by atoms with van der Waals surface area (Å²) in [6, 6.07) is 25.4. The maximum atomic E-state index is 13.8. The first-order valence-electron chi connectivity index (χ1n) is 9.95. The number of carbonyl (C=O) groups is 1. The number of ether oxygens (including phenoxy) is 2. The molecule has 156 valence electrons. The molecule has 0 bridgehead atoms. The van der Waals surface area contributed by atoms with Crippen LogP contribution in [0.25, 0.3) is 10.8 Å². The van der Waals surface area contributed by atoms with E-state index >= 15 is 0 Å². The Hall–Kier alpha value is -3.86. The highest BCUT2D eigenvalue weighted by Gasteiger charge is 2.11. The predicted octanol–water partition coefficient (Wildman–Crippen LogP) is 5.50. The number of rotatable bonds is 7. The van der Waals surface area contributed by atoms with Crippen LogP contribution < -0.4 is 14.8 Å². The van der Waals surface area contributed by atoms with E-state index < -0.39 is 0 Å². The highest BCUT2D eigenvalue weighted by atomic mass is 19.1. The number of methoxy groups -OCH3 is 1. The lowest BCUT2D eigenvalue weighted by atomic mass is 10.0. The molecule has 1 N–H and O–H groups in total. The van der Waals surface area contributed by atoms with Gasteiger partial charge in [-0.15, -0.1) is 0 Å². The van der Waals surface area contributed by atoms with E-state index in [0.29, 0.717) is 29.2 Å². The van der Waals surface area contributed by atoms with Crippen molar-refractivity contribution in [3.63, 3.8) is 0 Å². The van der Waals surface area contributed by atoms with Gasteiger partial charge in [-0.3, -0.25) is 4.79 Å². The van der Waals surface area contributed by atoms with Gasteiger partial charge in [-0.25, -0.2) is 4.39 Å². The molecule has 4 nitrogen and oxygen atoms in total. The van der Waals surface area contributed by atoms with Crippen LogP contribution in [-0.2, 0) is 13.2 Å². The van der Waals surface area contributed by atoms with E-state index in [1.54, 1.807) is 37.4 Å². The molecule has 31 heavy (non-hydrogen) atoms. The van der Waals surface area contributed by atoms with E-state index in [0.717, 1.165) is 16.3 Å². The second-order valence-corrected chi connectivity index (χ2v) is 7.07. The van der Waals surface area contributed by atoms with Crippen LogP contribution in [0, 0.1) is 5.82 Å². The smallest absolute Gasteiger partial charge is 0.252 e. The Morgan fingerprint density at radius 2 is 1.68 bits per heavy atom. The minimum atomic E-state index is -0.311. The Morgan fingerprint density at radius 3 is 2.52 bits per heavy atom. The third kappa shape index (κ3) is 4.67. The first-order chi connectivity index (χ1) is 15.2. The molecule has 4 aromatic rings. The lowest BCUT2D eigenvalue weighted by Crippen LogP contribution is -2.23. The van der Waals surface area contributed by atoms with Gasteiger partial charge >= 0.3 is 0 Å². The quantitative estimate of drug-likeness (QED) is 0.434. The summed E-state index contributed by atoms with van der Waals surface area (Å²) in [6.45, 7) is 0.437. The van der Waals surface area contributed by atoms with E-state index in [1.807, 2.05) is 48.5 Å². The second kappa shape index (κ2) is 9.30. The van der Waals surface area contributed by atoms with Gasteiger partial charge in [0.25, 0.3) is 5.91 Å². The van der Waals surface area contributed by atoms with Crippen LogP contribution in [0.2, 0.25) is 0 Å². The highest BCUT2D eigenvalue weighted by molar-refractivity contribution is 6.06. The number of hydrogen-bond acceptors (Lipinski definition) is 3. The first-order valence-corrected chi connectivity index (χ1v) is 9.95. The summed E-state index contributed by atoms with van der Waals surface area (Å²) in [5.74, 6) is 0.577. The summed E-state index contributed by atoms with van der Waals surface area (Å²) < 4.78 is 25.0. The number of benzene rings is 4. The van der Waals surface area contributed by atoms with Crippen molar-refractivity contribution in [3.05, 3.63) is 107 Å². The predicted molar refractivity (Wildman–Crippen MR) is 119 cm³/mol. The van der Waals surface area contributed by atoms with E-state index in [2.05, 4.69) is 5.32 Å². The van der Waals surface area contributed by atoms with Crippen molar-refractivity contribution in [1.29, 1.82) is 0 Å². The van der Waals surface area contributed by atoms with Crippen molar-refractivity contribution in [3.8, 4) is 11.5 Å². The van der Waals surface area contributed by atoms with Crippen molar-refractivity contribution in [2.24, 2.45) is 0 Å². The fourth-order valence-corrected chi connectivity index (χ4v) is 3.41. The summed E-state index contributed by atoms with van der Waals surface area (Å²) in [6.07, 6.45) is 0. The Labute approximate surface area is 180 Å². The molecule has 0 fully saturated rings. The molecule has 4 aromatic carbocycles. The Kier molecular flexibility index (Phi) is 6.13. The van der Waals surface area contributed by atoms with Gasteiger partial charge in [-0.1, -0.05) is 60.7 Å². The normalized spacial score (nSPS) is 10.6. The van der Waals surface area contributed by atoms with Gasteiger partial charge in [0.2, 0.25) is 0 Å². The van der Waals surface area contributed by atoms with E-state index in [4.69, 9.17) is 9.47 Å². The van der Waals surface area contributed by atoms with Gasteiger partial charge in [0.1, 0.15) is 12.4 Å². The fourth-order valence-electron chi connectivity index (χ4n) is 3.41. The summed E-state index contributed by atoms with van der Waals surface area (Å²) in [5, 5.41) is 4.89. The summed E-state index contributed by atoms with van der Waals surface area (Å²) >= 11 is 0. The molecule has 0 aliphatic heterocycles. The third-order valence-electron chi connectivity index (χ3n) is 5.06. The maximum Gasteiger partial charge on any atom is 0.252 e. The molecule has 0 aromatic heterocycles. The number of amides is 1. The van der Waals surface area contributed by atoms with Crippen molar-refractivity contribution in [2.75, 3.05) is 7.11 Å². The molecular formula is C26H22FNO3.